The molecule has 1 aromatic carbocycles. The predicted molar refractivity (Wildman–Crippen MR) is 51.9 cm³/mol. The van der Waals surface area contributed by atoms with Crippen molar-refractivity contribution in [1.29, 1.82) is 0 Å². The molecule has 12 heavy (non-hydrogen) atoms. The smallest absolute Gasteiger partial charge is 0.327 e. The molecule has 0 aliphatic heterocycles. The van der Waals surface area contributed by atoms with Crippen molar-refractivity contribution in [2.45, 2.75) is 13.5 Å². The second-order valence-electron chi connectivity index (χ2n) is 2.43. The van der Waals surface area contributed by atoms with Crippen molar-refractivity contribution in [1.82, 2.24) is 0 Å². The van der Waals surface area contributed by atoms with Crippen molar-refractivity contribution in [3.05, 3.63) is 29.8 Å². The van der Waals surface area contributed by atoms with Gasteiger partial charge in [-0.05, 0) is 24.2 Å². The Morgan fingerprint density at radius 3 is 2.92 bits per heavy atom. The minimum absolute atomic E-state index is 0.629. The maximum Gasteiger partial charge on any atom is 0.327 e. The van der Waals surface area contributed by atoms with Crippen LogP contribution in [0.5, 0.6) is 0 Å². The molecule has 0 saturated heterocycles. The summed E-state index contributed by atoms with van der Waals surface area (Å²) in [4.78, 5) is 4.09. The number of nitrogens with zero attached hydrogens (tertiary/aromatic N) is 1. The molecular formula is C9H11BNO. The number of benzene rings is 1. The number of aliphatic imine (C=N–C) groups is 1. The highest BCUT2D eigenvalue weighted by atomic mass is 16.2. The van der Waals surface area contributed by atoms with Crippen LogP contribution in [0.1, 0.15) is 12.5 Å². The van der Waals surface area contributed by atoms with Crippen molar-refractivity contribution in [3.63, 3.8) is 0 Å². The Labute approximate surface area is 73.2 Å². The number of rotatable bonds is 3. The van der Waals surface area contributed by atoms with Crippen molar-refractivity contribution in [3.8, 4) is 0 Å². The van der Waals surface area contributed by atoms with E-state index in [1.54, 1.807) is 6.21 Å². The van der Waals surface area contributed by atoms with Crippen LogP contribution in [-0.4, -0.2) is 18.7 Å². The van der Waals surface area contributed by atoms with E-state index in [9.17, 15) is 0 Å². The Kier molecular flexibility index (Phi) is 3.55. The molecule has 2 nitrogen and oxygen atoms in total. The minimum atomic E-state index is 0.629. The zero-order valence-electron chi connectivity index (χ0n) is 7.07. The molecule has 1 rings (SSSR count). The molecule has 0 saturated carbocycles. The SMILES string of the molecule is CC=NCc1ccccc1[B]O. The molecule has 0 amide bonds. The van der Waals surface area contributed by atoms with Crippen LogP contribution in [0.4, 0.5) is 0 Å². The Morgan fingerprint density at radius 1 is 1.50 bits per heavy atom. The Hall–Kier alpha value is -1.09. The van der Waals surface area contributed by atoms with Crippen LogP contribution in [0.15, 0.2) is 29.3 Å². The first-order valence-corrected chi connectivity index (χ1v) is 3.88. The molecule has 0 atom stereocenters. The van der Waals surface area contributed by atoms with Crippen LogP contribution < -0.4 is 5.46 Å². The molecule has 0 aliphatic rings. The fraction of sp³-hybridized carbons (Fsp3) is 0.222. The topological polar surface area (TPSA) is 32.6 Å². The van der Waals surface area contributed by atoms with Gasteiger partial charge in [-0.1, -0.05) is 24.3 Å². The number of hydrogen-bond acceptors (Lipinski definition) is 2. The summed E-state index contributed by atoms with van der Waals surface area (Å²) in [6.45, 7) is 2.51. The zero-order chi connectivity index (χ0) is 8.81. The van der Waals surface area contributed by atoms with E-state index in [1.807, 2.05) is 31.2 Å². The third-order valence-electron chi connectivity index (χ3n) is 1.64. The molecule has 0 unspecified atom stereocenters. The van der Waals surface area contributed by atoms with Crippen LogP contribution in [0.25, 0.3) is 0 Å². The molecule has 0 aliphatic carbocycles. The molecule has 0 spiro atoms. The molecule has 1 N–H and O–H groups in total. The maximum atomic E-state index is 8.84. The van der Waals surface area contributed by atoms with Gasteiger partial charge in [0.15, 0.2) is 0 Å². The van der Waals surface area contributed by atoms with E-state index in [0.29, 0.717) is 6.54 Å². The van der Waals surface area contributed by atoms with Gasteiger partial charge in [-0.15, -0.1) is 0 Å². The molecule has 3 heteroatoms. The molecule has 0 aromatic heterocycles. The summed E-state index contributed by atoms with van der Waals surface area (Å²) in [5.74, 6) is 0. The predicted octanol–water partition coefficient (Wildman–Crippen LogP) is 0.514. The van der Waals surface area contributed by atoms with Crippen LogP contribution in [0.2, 0.25) is 0 Å². The molecule has 1 aromatic rings. The average molecular weight is 160 g/mol. The van der Waals surface area contributed by atoms with E-state index in [4.69, 9.17) is 5.02 Å². The van der Waals surface area contributed by atoms with Crippen LogP contribution in [-0.2, 0) is 6.54 Å². The maximum absolute atomic E-state index is 8.84. The summed E-state index contributed by atoms with van der Waals surface area (Å²) in [5, 5.41) is 8.84. The van der Waals surface area contributed by atoms with E-state index in [2.05, 4.69) is 4.99 Å². The Morgan fingerprint density at radius 2 is 2.25 bits per heavy atom. The van der Waals surface area contributed by atoms with Gasteiger partial charge in [-0.2, -0.15) is 0 Å². The summed E-state index contributed by atoms with van der Waals surface area (Å²) in [5.41, 5.74) is 1.88. The Balaban J connectivity index is 2.81. The van der Waals surface area contributed by atoms with Gasteiger partial charge < -0.3 is 5.02 Å². The first-order chi connectivity index (χ1) is 5.88. The fourth-order valence-electron chi connectivity index (χ4n) is 0.994. The largest absolute Gasteiger partial charge is 0.450 e. The third-order valence-corrected chi connectivity index (χ3v) is 1.64. The van der Waals surface area contributed by atoms with Gasteiger partial charge in [-0.25, -0.2) is 0 Å². The van der Waals surface area contributed by atoms with Crippen molar-refractivity contribution < 1.29 is 5.02 Å². The van der Waals surface area contributed by atoms with E-state index >= 15 is 0 Å². The molecule has 61 valence electrons. The summed E-state index contributed by atoms with van der Waals surface area (Å²) < 4.78 is 0. The number of hydrogen-bond donors (Lipinski definition) is 1. The van der Waals surface area contributed by atoms with Gasteiger partial charge in [-0.3, -0.25) is 4.99 Å². The summed E-state index contributed by atoms with van der Waals surface area (Å²) in [6, 6.07) is 7.64. The van der Waals surface area contributed by atoms with Gasteiger partial charge in [0, 0.05) is 0 Å². The van der Waals surface area contributed by atoms with Gasteiger partial charge in [0.05, 0.1) is 6.54 Å². The van der Waals surface area contributed by atoms with E-state index in [-0.39, 0.29) is 0 Å². The first-order valence-electron chi connectivity index (χ1n) is 3.88. The first kappa shape index (κ1) is 9.01. The van der Waals surface area contributed by atoms with E-state index in [0.717, 1.165) is 18.5 Å². The van der Waals surface area contributed by atoms with Crippen LogP contribution in [0, 0.1) is 0 Å². The third kappa shape index (κ3) is 2.20. The zero-order valence-corrected chi connectivity index (χ0v) is 7.07. The van der Waals surface area contributed by atoms with Gasteiger partial charge in [0.25, 0.3) is 0 Å². The van der Waals surface area contributed by atoms with Crippen LogP contribution >= 0.6 is 0 Å². The summed E-state index contributed by atoms with van der Waals surface area (Å²) >= 11 is 0. The lowest BCUT2D eigenvalue weighted by molar-refractivity contribution is 0.615. The fourth-order valence-corrected chi connectivity index (χ4v) is 0.994. The molecule has 1 radical (unpaired) electrons. The van der Waals surface area contributed by atoms with Crippen molar-refractivity contribution in [2.75, 3.05) is 0 Å². The second kappa shape index (κ2) is 4.72. The lowest BCUT2D eigenvalue weighted by atomic mass is 9.84. The van der Waals surface area contributed by atoms with Gasteiger partial charge in [0.1, 0.15) is 0 Å². The molecule has 0 heterocycles. The van der Waals surface area contributed by atoms with Crippen LogP contribution in [0.3, 0.4) is 0 Å². The van der Waals surface area contributed by atoms with E-state index in [1.165, 1.54) is 0 Å². The quantitative estimate of drug-likeness (QED) is 0.507. The summed E-state index contributed by atoms with van der Waals surface area (Å²) in [6.07, 6.45) is 1.76. The van der Waals surface area contributed by atoms with Crippen molar-refractivity contribution in [2.24, 2.45) is 4.99 Å². The lowest BCUT2D eigenvalue weighted by Gasteiger charge is -2.01. The Bertz CT molecular complexity index is 273. The second-order valence-corrected chi connectivity index (χ2v) is 2.43. The standard InChI is InChI=1S/C9H11BNO/c1-2-11-7-8-5-3-4-6-9(8)10-12/h2-6,12H,7H2,1H3. The monoisotopic (exact) mass is 160 g/mol. The molecule has 0 bridgehead atoms. The lowest BCUT2D eigenvalue weighted by Crippen LogP contribution is -2.18. The summed E-state index contributed by atoms with van der Waals surface area (Å²) in [7, 11) is 1.11. The van der Waals surface area contributed by atoms with E-state index < -0.39 is 0 Å². The normalized spacial score (nSPS) is 10.5. The van der Waals surface area contributed by atoms with Gasteiger partial charge in [0.2, 0.25) is 0 Å². The highest BCUT2D eigenvalue weighted by molar-refractivity contribution is 6.46. The van der Waals surface area contributed by atoms with Crippen molar-refractivity contribution >= 4 is 19.2 Å². The molecule has 0 fully saturated rings. The highest BCUT2D eigenvalue weighted by Crippen LogP contribution is 1.96. The van der Waals surface area contributed by atoms with Gasteiger partial charge >= 0.3 is 7.48 Å². The molecular weight excluding hydrogens is 149 g/mol. The average Bonchev–Trinajstić information content (AvgIpc) is 2.15. The minimum Gasteiger partial charge on any atom is -0.450 e. The highest BCUT2D eigenvalue weighted by Gasteiger charge is 1.99.